The minimum absolute atomic E-state index is 0.242. The number of hydrogen-bond acceptors (Lipinski definition) is 4. The van der Waals surface area contributed by atoms with Gasteiger partial charge in [0, 0.05) is 13.1 Å². The molecule has 106 valence electrons. The maximum atomic E-state index is 10.4. The fourth-order valence-corrected chi connectivity index (χ4v) is 2.12. The van der Waals surface area contributed by atoms with E-state index in [2.05, 4.69) is 5.32 Å². The van der Waals surface area contributed by atoms with Crippen LogP contribution in [0.1, 0.15) is 23.1 Å². The van der Waals surface area contributed by atoms with Crippen molar-refractivity contribution in [3.05, 3.63) is 28.8 Å². The van der Waals surface area contributed by atoms with E-state index in [1.165, 1.54) is 0 Å². The molecule has 0 aliphatic heterocycles. The van der Waals surface area contributed by atoms with Crippen molar-refractivity contribution >= 4 is 5.97 Å². The molecule has 1 aromatic carbocycles. The molecular weight excluding hydrogens is 246 g/mol. The van der Waals surface area contributed by atoms with Crippen LogP contribution in [-0.4, -0.2) is 35.9 Å². The van der Waals surface area contributed by atoms with Crippen molar-refractivity contribution in [1.82, 2.24) is 5.32 Å². The van der Waals surface area contributed by atoms with Gasteiger partial charge in [0.2, 0.25) is 0 Å². The van der Waals surface area contributed by atoms with Gasteiger partial charge in [-0.3, -0.25) is 4.79 Å². The van der Waals surface area contributed by atoms with Crippen molar-refractivity contribution in [2.45, 2.75) is 32.9 Å². The zero-order valence-corrected chi connectivity index (χ0v) is 11.6. The van der Waals surface area contributed by atoms with Gasteiger partial charge in [0.1, 0.15) is 5.75 Å². The normalized spacial score (nSPS) is 12.2. The quantitative estimate of drug-likeness (QED) is 0.692. The number of aryl methyl sites for hydroxylation is 2. The minimum atomic E-state index is -0.995. The molecule has 1 atom stereocenters. The largest absolute Gasteiger partial charge is 0.496 e. The average Bonchev–Trinajstić information content (AvgIpc) is 2.27. The zero-order valence-electron chi connectivity index (χ0n) is 11.6. The summed E-state index contributed by atoms with van der Waals surface area (Å²) in [5.74, 6) is -0.111. The van der Waals surface area contributed by atoms with E-state index in [1.807, 2.05) is 26.0 Å². The molecule has 0 aromatic heterocycles. The van der Waals surface area contributed by atoms with Crippen molar-refractivity contribution in [2.75, 3.05) is 13.7 Å². The molecular formula is C14H21NO4. The second-order valence-electron chi connectivity index (χ2n) is 4.65. The van der Waals surface area contributed by atoms with Crippen LogP contribution >= 0.6 is 0 Å². The van der Waals surface area contributed by atoms with E-state index < -0.39 is 12.1 Å². The predicted octanol–water partition coefficient (Wildman–Crippen LogP) is 1.24. The molecule has 5 heteroatoms. The topological polar surface area (TPSA) is 78.8 Å². The number of hydrogen-bond donors (Lipinski definition) is 3. The number of rotatable bonds is 7. The molecule has 1 aromatic rings. The molecule has 0 spiro atoms. The Hall–Kier alpha value is -1.59. The van der Waals surface area contributed by atoms with Gasteiger partial charge < -0.3 is 20.3 Å². The van der Waals surface area contributed by atoms with Crippen molar-refractivity contribution in [1.29, 1.82) is 0 Å². The standard InChI is InChI=1S/C14H21NO4/c1-9-4-11(5-10(2)14(9)19-3)7-15-8-12(16)6-13(17)18/h4-5,12,15-16H,6-8H2,1-3H3,(H,17,18). The first-order valence-corrected chi connectivity index (χ1v) is 6.18. The van der Waals surface area contributed by atoms with Gasteiger partial charge >= 0.3 is 5.97 Å². The molecule has 0 aliphatic carbocycles. The van der Waals surface area contributed by atoms with Gasteiger partial charge in [0.25, 0.3) is 0 Å². The van der Waals surface area contributed by atoms with Gasteiger partial charge in [-0.05, 0) is 30.5 Å². The highest BCUT2D eigenvalue weighted by atomic mass is 16.5. The lowest BCUT2D eigenvalue weighted by Gasteiger charge is -2.13. The van der Waals surface area contributed by atoms with Crippen LogP contribution in [0.4, 0.5) is 0 Å². The first kappa shape index (κ1) is 15.5. The van der Waals surface area contributed by atoms with Gasteiger partial charge in [0.15, 0.2) is 0 Å². The van der Waals surface area contributed by atoms with E-state index in [0.29, 0.717) is 6.54 Å². The van der Waals surface area contributed by atoms with Crippen LogP contribution in [-0.2, 0) is 11.3 Å². The number of aliphatic carboxylic acids is 1. The van der Waals surface area contributed by atoms with E-state index in [9.17, 15) is 9.90 Å². The Labute approximate surface area is 113 Å². The van der Waals surface area contributed by atoms with Crippen molar-refractivity contribution in [3.8, 4) is 5.75 Å². The number of benzene rings is 1. The molecule has 0 radical (unpaired) electrons. The van der Waals surface area contributed by atoms with Crippen LogP contribution in [0.5, 0.6) is 5.75 Å². The van der Waals surface area contributed by atoms with Crippen molar-refractivity contribution in [3.63, 3.8) is 0 Å². The van der Waals surface area contributed by atoms with Crippen LogP contribution in [0.3, 0.4) is 0 Å². The van der Waals surface area contributed by atoms with E-state index in [-0.39, 0.29) is 13.0 Å². The van der Waals surface area contributed by atoms with Gasteiger partial charge in [-0.25, -0.2) is 0 Å². The molecule has 19 heavy (non-hydrogen) atoms. The summed E-state index contributed by atoms with van der Waals surface area (Å²) in [7, 11) is 1.65. The number of carboxylic acid groups (broad SMARTS) is 1. The maximum absolute atomic E-state index is 10.4. The minimum Gasteiger partial charge on any atom is -0.496 e. The third-order valence-corrected chi connectivity index (χ3v) is 2.84. The smallest absolute Gasteiger partial charge is 0.306 e. The number of aliphatic hydroxyl groups excluding tert-OH is 1. The molecule has 0 aliphatic rings. The van der Waals surface area contributed by atoms with Gasteiger partial charge in [0.05, 0.1) is 19.6 Å². The van der Waals surface area contributed by atoms with E-state index in [0.717, 1.165) is 22.4 Å². The van der Waals surface area contributed by atoms with Gasteiger partial charge in [-0.2, -0.15) is 0 Å². The van der Waals surface area contributed by atoms with Crippen LogP contribution in [0.2, 0.25) is 0 Å². The van der Waals surface area contributed by atoms with Crippen LogP contribution in [0.25, 0.3) is 0 Å². The summed E-state index contributed by atoms with van der Waals surface area (Å²) in [5.41, 5.74) is 3.20. The molecule has 5 nitrogen and oxygen atoms in total. The zero-order chi connectivity index (χ0) is 14.4. The summed E-state index contributed by atoms with van der Waals surface area (Å²) in [6, 6.07) is 4.03. The Balaban J connectivity index is 2.52. The highest BCUT2D eigenvalue weighted by molar-refractivity contribution is 5.67. The molecule has 0 bridgehead atoms. The van der Waals surface area contributed by atoms with Gasteiger partial charge in [-0.1, -0.05) is 12.1 Å². The molecule has 1 rings (SSSR count). The third kappa shape index (κ3) is 4.89. The Morgan fingerprint density at radius 2 is 1.95 bits per heavy atom. The van der Waals surface area contributed by atoms with Crippen molar-refractivity contribution in [2.24, 2.45) is 0 Å². The monoisotopic (exact) mass is 267 g/mol. The van der Waals surface area contributed by atoms with Gasteiger partial charge in [-0.15, -0.1) is 0 Å². The van der Waals surface area contributed by atoms with E-state index in [4.69, 9.17) is 9.84 Å². The van der Waals surface area contributed by atoms with E-state index >= 15 is 0 Å². The summed E-state index contributed by atoms with van der Waals surface area (Å²) >= 11 is 0. The fourth-order valence-electron chi connectivity index (χ4n) is 2.12. The number of methoxy groups -OCH3 is 1. The summed E-state index contributed by atoms with van der Waals surface area (Å²) in [6.45, 7) is 4.81. The fraction of sp³-hybridized carbons (Fsp3) is 0.500. The second kappa shape index (κ2) is 7.11. The number of nitrogens with one attached hydrogen (secondary N) is 1. The Morgan fingerprint density at radius 3 is 2.42 bits per heavy atom. The van der Waals surface area contributed by atoms with Crippen LogP contribution < -0.4 is 10.1 Å². The first-order chi connectivity index (χ1) is 8.93. The summed E-state index contributed by atoms with van der Waals surface area (Å²) in [4.78, 5) is 10.4. The number of aliphatic hydroxyl groups is 1. The Bertz CT molecular complexity index is 422. The average molecular weight is 267 g/mol. The summed E-state index contributed by atoms with van der Waals surface area (Å²) in [5, 5.41) is 21.0. The summed E-state index contributed by atoms with van der Waals surface area (Å²) < 4.78 is 5.29. The Morgan fingerprint density at radius 1 is 1.37 bits per heavy atom. The number of ether oxygens (including phenoxy) is 1. The molecule has 0 saturated heterocycles. The second-order valence-corrected chi connectivity index (χ2v) is 4.65. The lowest BCUT2D eigenvalue weighted by atomic mass is 10.1. The lowest BCUT2D eigenvalue weighted by molar-refractivity contribution is -0.139. The molecule has 0 saturated carbocycles. The third-order valence-electron chi connectivity index (χ3n) is 2.84. The Kier molecular flexibility index (Phi) is 5.79. The lowest BCUT2D eigenvalue weighted by Crippen LogP contribution is -2.28. The summed E-state index contributed by atoms with van der Waals surface area (Å²) in [6.07, 6.45) is -1.11. The molecule has 0 heterocycles. The highest BCUT2D eigenvalue weighted by Gasteiger charge is 2.09. The SMILES string of the molecule is COc1c(C)cc(CNCC(O)CC(=O)O)cc1C. The molecule has 0 amide bonds. The highest BCUT2D eigenvalue weighted by Crippen LogP contribution is 2.24. The predicted molar refractivity (Wildman–Crippen MR) is 72.4 cm³/mol. The molecule has 1 unspecified atom stereocenters. The number of carbonyl (C=O) groups is 1. The van der Waals surface area contributed by atoms with Crippen molar-refractivity contribution < 1.29 is 19.7 Å². The van der Waals surface area contributed by atoms with Crippen LogP contribution in [0, 0.1) is 13.8 Å². The molecule has 3 N–H and O–H groups in total. The maximum Gasteiger partial charge on any atom is 0.306 e. The first-order valence-electron chi connectivity index (χ1n) is 6.18. The number of carboxylic acids is 1. The molecule has 0 fully saturated rings. The van der Waals surface area contributed by atoms with E-state index in [1.54, 1.807) is 7.11 Å². The van der Waals surface area contributed by atoms with Crippen LogP contribution in [0.15, 0.2) is 12.1 Å².